The van der Waals surface area contributed by atoms with E-state index in [0.717, 1.165) is 21.3 Å². The molecule has 0 unspecified atom stereocenters. The van der Waals surface area contributed by atoms with Crippen LogP contribution in [-0.4, -0.2) is 24.6 Å². The van der Waals surface area contributed by atoms with Crippen LogP contribution in [-0.2, 0) is 21.2 Å². The third-order valence-corrected chi connectivity index (χ3v) is 7.23. The van der Waals surface area contributed by atoms with E-state index in [1.807, 2.05) is 30.5 Å². The number of carbonyl (C=O) groups excluding carboxylic acids is 1. The number of carbonyl (C=O) groups is 1. The smallest absolute Gasteiger partial charge is 0.263 e. The van der Waals surface area contributed by atoms with Gasteiger partial charge in [-0.2, -0.15) is 4.99 Å². The molecule has 1 heterocycles. The highest BCUT2D eigenvalue weighted by Crippen LogP contribution is 2.22. The van der Waals surface area contributed by atoms with Gasteiger partial charge in [-0.05, 0) is 61.4 Å². The lowest BCUT2D eigenvalue weighted by atomic mass is 10.1. The van der Waals surface area contributed by atoms with Gasteiger partial charge in [-0.3, -0.25) is 4.79 Å². The zero-order valence-electron chi connectivity index (χ0n) is 15.5. The number of allylic oxidation sites excluding steroid dienone is 1. The fourth-order valence-corrected chi connectivity index (χ4v) is 5.11. The minimum Gasteiger partial charge on any atom is -0.312 e. The number of fused-ring (bicyclic) bond motifs is 1. The first-order chi connectivity index (χ1) is 13.2. The zero-order valence-corrected chi connectivity index (χ0v) is 17.9. The summed E-state index contributed by atoms with van der Waals surface area (Å²) >= 11 is 7.15. The van der Waals surface area contributed by atoms with Crippen LogP contribution >= 0.6 is 22.9 Å². The predicted octanol–water partition coefficient (Wildman–Crippen LogP) is 4.06. The van der Waals surface area contributed by atoms with Crippen LogP contribution in [0.5, 0.6) is 0 Å². The lowest BCUT2D eigenvalue weighted by Crippen LogP contribution is -2.20. The van der Waals surface area contributed by atoms with E-state index in [2.05, 4.69) is 11.6 Å². The summed E-state index contributed by atoms with van der Waals surface area (Å²) in [5.41, 5.74) is 3.22. The van der Waals surface area contributed by atoms with Crippen LogP contribution in [0.1, 0.15) is 11.1 Å². The number of nitrogens with zero attached hydrogens (tertiary/aromatic N) is 2. The summed E-state index contributed by atoms with van der Waals surface area (Å²) in [4.78, 5) is 17.0. The largest absolute Gasteiger partial charge is 0.312 e. The van der Waals surface area contributed by atoms with E-state index < -0.39 is 21.5 Å². The molecule has 8 heteroatoms. The van der Waals surface area contributed by atoms with Gasteiger partial charge < -0.3 is 4.57 Å². The molecule has 0 N–H and O–H groups in total. The average molecular weight is 435 g/mol. The number of hydrogen-bond acceptors (Lipinski definition) is 4. The molecule has 3 rings (SSSR count). The van der Waals surface area contributed by atoms with E-state index in [-0.39, 0.29) is 4.90 Å². The molecule has 0 atom stereocenters. The van der Waals surface area contributed by atoms with Gasteiger partial charge in [0.2, 0.25) is 0 Å². The Morgan fingerprint density at radius 1 is 1.21 bits per heavy atom. The number of rotatable bonds is 5. The molecule has 0 radical (unpaired) electrons. The van der Waals surface area contributed by atoms with Gasteiger partial charge in [-0.15, -0.1) is 6.58 Å². The molecular weight excluding hydrogens is 416 g/mol. The van der Waals surface area contributed by atoms with E-state index in [1.165, 1.54) is 35.6 Å². The third-order valence-electron chi connectivity index (χ3n) is 4.32. The van der Waals surface area contributed by atoms with Gasteiger partial charge in [-0.25, -0.2) is 8.42 Å². The standard InChI is InChI=1S/C20H19ClN2O3S2/c1-4-9-23-17-10-13(2)14(3)11-18(17)27-20(23)22-19(24)12-28(25,26)16-7-5-15(21)6-8-16/h4-8,10-11H,1,9,12H2,2-3H3. The zero-order chi connectivity index (χ0) is 20.5. The molecule has 2 aromatic carbocycles. The summed E-state index contributed by atoms with van der Waals surface area (Å²) in [6.07, 6.45) is 1.72. The molecule has 0 saturated carbocycles. The molecular formula is C20H19ClN2O3S2. The lowest BCUT2D eigenvalue weighted by Gasteiger charge is -2.04. The maximum absolute atomic E-state index is 12.5. The molecule has 0 aliphatic rings. The fourth-order valence-electron chi connectivity index (χ4n) is 2.74. The van der Waals surface area contributed by atoms with Crippen molar-refractivity contribution in [2.24, 2.45) is 4.99 Å². The van der Waals surface area contributed by atoms with Crippen molar-refractivity contribution in [3.8, 4) is 0 Å². The highest BCUT2D eigenvalue weighted by molar-refractivity contribution is 7.92. The van der Waals surface area contributed by atoms with Crippen molar-refractivity contribution < 1.29 is 13.2 Å². The number of amides is 1. The summed E-state index contributed by atoms with van der Waals surface area (Å²) < 4.78 is 27.8. The van der Waals surface area contributed by atoms with Crippen molar-refractivity contribution in [3.05, 3.63) is 70.0 Å². The van der Waals surface area contributed by atoms with Crippen LogP contribution in [0.3, 0.4) is 0 Å². The van der Waals surface area contributed by atoms with Crippen molar-refractivity contribution in [1.29, 1.82) is 0 Å². The second-order valence-corrected chi connectivity index (χ2v) is 9.84. The second-order valence-electron chi connectivity index (χ2n) is 6.41. The molecule has 0 bridgehead atoms. The van der Waals surface area contributed by atoms with E-state index in [1.54, 1.807) is 6.08 Å². The van der Waals surface area contributed by atoms with Crippen molar-refractivity contribution in [1.82, 2.24) is 4.57 Å². The Morgan fingerprint density at radius 3 is 2.50 bits per heavy atom. The monoisotopic (exact) mass is 434 g/mol. The van der Waals surface area contributed by atoms with E-state index in [4.69, 9.17) is 11.6 Å². The molecule has 1 aromatic heterocycles. The van der Waals surface area contributed by atoms with Gasteiger partial charge in [0, 0.05) is 11.6 Å². The van der Waals surface area contributed by atoms with E-state index >= 15 is 0 Å². The van der Waals surface area contributed by atoms with E-state index in [0.29, 0.717) is 16.4 Å². The quantitative estimate of drug-likeness (QED) is 0.568. The number of aryl methyl sites for hydroxylation is 2. The molecule has 0 spiro atoms. The second kappa shape index (κ2) is 8.03. The maximum Gasteiger partial charge on any atom is 0.263 e. The summed E-state index contributed by atoms with van der Waals surface area (Å²) in [7, 11) is -3.79. The Balaban J connectivity index is 2.01. The number of aromatic nitrogens is 1. The number of benzene rings is 2. The fraction of sp³-hybridized carbons (Fsp3) is 0.200. The normalized spacial score (nSPS) is 12.5. The van der Waals surface area contributed by atoms with Crippen molar-refractivity contribution in [2.75, 3.05) is 5.75 Å². The molecule has 28 heavy (non-hydrogen) atoms. The Labute approximate surface area is 172 Å². The van der Waals surface area contributed by atoms with Gasteiger partial charge in [0.1, 0.15) is 5.75 Å². The average Bonchev–Trinajstić information content (AvgIpc) is 2.92. The summed E-state index contributed by atoms with van der Waals surface area (Å²) in [6, 6.07) is 9.80. The molecule has 1 amide bonds. The number of hydrogen-bond donors (Lipinski definition) is 0. The van der Waals surface area contributed by atoms with Gasteiger partial charge >= 0.3 is 0 Å². The van der Waals surface area contributed by atoms with Crippen LogP contribution in [0.25, 0.3) is 10.2 Å². The minimum atomic E-state index is -3.79. The Morgan fingerprint density at radius 2 is 1.86 bits per heavy atom. The highest BCUT2D eigenvalue weighted by Gasteiger charge is 2.19. The van der Waals surface area contributed by atoms with E-state index in [9.17, 15) is 13.2 Å². The van der Waals surface area contributed by atoms with Gasteiger partial charge in [0.25, 0.3) is 5.91 Å². The minimum absolute atomic E-state index is 0.0435. The third kappa shape index (κ3) is 4.27. The predicted molar refractivity (Wildman–Crippen MR) is 114 cm³/mol. The lowest BCUT2D eigenvalue weighted by molar-refractivity contribution is -0.115. The van der Waals surface area contributed by atoms with Gasteiger partial charge in [0.15, 0.2) is 14.6 Å². The van der Waals surface area contributed by atoms with Crippen LogP contribution in [0, 0.1) is 13.8 Å². The van der Waals surface area contributed by atoms with Gasteiger partial charge in [0.05, 0.1) is 15.1 Å². The first-order valence-electron chi connectivity index (χ1n) is 8.48. The molecule has 0 aliphatic carbocycles. The van der Waals surface area contributed by atoms with Gasteiger partial charge in [-0.1, -0.05) is 29.0 Å². The number of halogens is 1. The van der Waals surface area contributed by atoms with Crippen molar-refractivity contribution >= 4 is 48.9 Å². The molecule has 3 aromatic rings. The first kappa shape index (κ1) is 20.5. The molecule has 0 saturated heterocycles. The van der Waals surface area contributed by atoms with Crippen LogP contribution in [0.4, 0.5) is 0 Å². The van der Waals surface area contributed by atoms with Crippen LogP contribution in [0.2, 0.25) is 5.02 Å². The first-order valence-corrected chi connectivity index (χ1v) is 11.3. The van der Waals surface area contributed by atoms with Crippen molar-refractivity contribution in [2.45, 2.75) is 25.3 Å². The highest BCUT2D eigenvalue weighted by atomic mass is 35.5. The number of sulfone groups is 1. The Kier molecular flexibility index (Phi) is 5.88. The summed E-state index contributed by atoms with van der Waals surface area (Å²) in [6.45, 7) is 8.27. The molecule has 5 nitrogen and oxygen atoms in total. The maximum atomic E-state index is 12.5. The molecule has 0 fully saturated rings. The SMILES string of the molecule is C=CCn1c(=NC(=O)CS(=O)(=O)c2ccc(Cl)cc2)sc2cc(C)c(C)cc21. The Bertz CT molecular complexity index is 1240. The summed E-state index contributed by atoms with van der Waals surface area (Å²) in [5.74, 6) is -1.41. The summed E-state index contributed by atoms with van der Waals surface area (Å²) in [5, 5.41) is 0.427. The topological polar surface area (TPSA) is 68.5 Å². The number of thiazole rings is 1. The Hall–Kier alpha value is -2.22. The molecule has 0 aliphatic heterocycles. The van der Waals surface area contributed by atoms with Crippen molar-refractivity contribution in [3.63, 3.8) is 0 Å². The van der Waals surface area contributed by atoms with Crippen LogP contribution in [0.15, 0.2) is 58.9 Å². The van der Waals surface area contributed by atoms with Crippen LogP contribution < -0.4 is 4.80 Å². The molecule has 146 valence electrons.